The van der Waals surface area contributed by atoms with Gasteiger partial charge in [0.05, 0.1) is 10.6 Å². The highest BCUT2D eigenvalue weighted by molar-refractivity contribution is 7.94. The summed E-state index contributed by atoms with van der Waals surface area (Å²) in [5, 5.41) is 5.23. The van der Waals surface area contributed by atoms with Crippen molar-refractivity contribution in [3.8, 4) is 11.1 Å². The number of hydrogen-bond acceptors (Lipinski definition) is 5. The van der Waals surface area contributed by atoms with Crippen LogP contribution in [0.4, 0.5) is 14.9 Å². The second kappa shape index (κ2) is 10.6. The van der Waals surface area contributed by atoms with Gasteiger partial charge < -0.3 is 10.6 Å². The van der Waals surface area contributed by atoms with Crippen LogP contribution in [0.15, 0.2) is 53.7 Å². The topological polar surface area (TPSA) is 117 Å². The molecule has 0 unspecified atom stereocenters. The third-order valence-corrected chi connectivity index (χ3v) is 6.68. The summed E-state index contributed by atoms with van der Waals surface area (Å²) in [5.74, 6) is -0.822. The zero-order valence-electron chi connectivity index (χ0n) is 19.2. The molecule has 34 heavy (non-hydrogen) atoms. The number of nitrogens with zero attached hydrogens (tertiary/aromatic N) is 1. The van der Waals surface area contributed by atoms with E-state index in [1.807, 2.05) is 4.72 Å². The van der Waals surface area contributed by atoms with E-state index < -0.39 is 22.0 Å². The van der Waals surface area contributed by atoms with Crippen molar-refractivity contribution in [1.29, 1.82) is 0 Å². The number of anilines is 1. The summed E-state index contributed by atoms with van der Waals surface area (Å²) in [6.07, 6.45) is 8.40. The molecule has 0 radical (unpaired) electrons. The normalized spacial score (nSPS) is 13.7. The summed E-state index contributed by atoms with van der Waals surface area (Å²) in [7, 11) is -4.27. The van der Waals surface area contributed by atoms with Crippen LogP contribution in [-0.2, 0) is 27.7 Å². The summed E-state index contributed by atoms with van der Waals surface area (Å²) in [6, 6.07) is 3.60. The molecule has 3 amide bonds. The lowest BCUT2D eigenvalue weighted by Crippen LogP contribution is -2.35. The molecule has 0 atom stereocenters. The summed E-state index contributed by atoms with van der Waals surface area (Å²) in [5.41, 5.74) is 2.60. The molecule has 3 N–H and O–H groups in total. The summed E-state index contributed by atoms with van der Waals surface area (Å²) >= 11 is 0. The van der Waals surface area contributed by atoms with Gasteiger partial charge in [-0.15, -0.1) is 0 Å². The molecule has 1 aliphatic carbocycles. The van der Waals surface area contributed by atoms with Crippen LogP contribution < -0.4 is 15.4 Å². The van der Waals surface area contributed by atoms with E-state index in [0.29, 0.717) is 40.8 Å². The molecule has 0 fully saturated rings. The van der Waals surface area contributed by atoms with Gasteiger partial charge in [0.1, 0.15) is 5.82 Å². The predicted octanol–water partition coefficient (Wildman–Crippen LogP) is 3.81. The SMILES string of the molecule is C/C=C(\C=C/C(=O)NC(C)C)S(=O)(=O)NC(=O)Nc1c(-c2ccncc2)cc(F)c2c1CCC2. The first-order chi connectivity index (χ1) is 16.1. The van der Waals surface area contributed by atoms with Crippen LogP contribution in [0.1, 0.15) is 38.3 Å². The van der Waals surface area contributed by atoms with Crippen molar-refractivity contribution >= 4 is 27.6 Å². The number of urea groups is 1. The maximum atomic E-state index is 14.7. The number of carbonyl (C=O) groups is 2. The van der Waals surface area contributed by atoms with Gasteiger partial charge in [-0.3, -0.25) is 9.78 Å². The van der Waals surface area contributed by atoms with Gasteiger partial charge in [0, 0.05) is 30.1 Å². The summed E-state index contributed by atoms with van der Waals surface area (Å²) in [4.78, 5) is 28.3. The highest BCUT2D eigenvalue weighted by Gasteiger charge is 2.26. The van der Waals surface area contributed by atoms with Crippen LogP contribution in [0.5, 0.6) is 0 Å². The highest BCUT2D eigenvalue weighted by atomic mass is 32.2. The smallest absolute Gasteiger partial charge is 0.333 e. The van der Waals surface area contributed by atoms with Crippen LogP contribution in [0.3, 0.4) is 0 Å². The van der Waals surface area contributed by atoms with Gasteiger partial charge in [-0.2, -0.15) is 0 Å². The fourth-order valence-corrected chi connectivity index (χ4v) is 4.76. The number of nitrogens with one attached hydrogen (secondary N) is 3. The molecule has 0 bridgehead atoms. The maximum absolute atomic E-state index is 14.7. The van der Waals surface area contributed by atoms with Crippen molar-refractivity contribution in [2.75, 3.05) is 5.32 Å². The Hall–Kier alpha value is -3.53. The number of carbonyl (C=O) groups excluding carboxylic acids is 2. The maximum Gasteiger partial charge on any atom is 0.333 e. The van der Waals surface area contributed by atoms with Crippen molar-refractivity contribution in [1.82, 2.24) is 15.0 Å². The Morgan fingerprint density at radius 2 is 1.79 bits per heavy atom. The largest absolute Gasteiger partial charge is 0.350 e. The van der Waals surface area contributed by atoms with Crippen LogP contribution in [0.2, 0.25) is 0 Å². The molecule has 180 valence electrons. The lowest BCUT2D eigenvalue weighted by Gasteiger charge is -2.17. The van der Waals surface area contributed by atoms with Gasteiger partial charge in [-0.05, 0) is 81.0 Å². The Morgan fingerprint density at radius 3 is 2.44 bits per heavy atom. The second-order valence-corrected chi connectivity index (χ2v) is 9.76. The van der Waals surface area contributed by atoms with E-state index >= 15 is 0 Å². The number of rotatable bonds is 7. The number of aromatic nitrogens is 1. The minimum atomic E-state index is -4.27. The minimum absolute atomic E-state index is 0.112. The molecular weight excluding hydrogens is 459 g/mol. The number of amides is 3. The Labute approximate surface area is 198 Å². The van der Waals surface area contributed by atoms with E-state index in [2.05, 4.69) is 15.6 Å². The van der Waals surface area contributed by atoms with Gasteiger partial charge in [-0.25, -0.2) is 22.3 Å². The molecule has 1 aromatic heterocycles. The van der Waals surface area contributed by atoms with Crippen molar-refractivity contribution in [3.05, 3.63) is 70.7 Å². The number of hydrogen-bond donors (Lipinski definition) is 3. The van der Waals surface area contributed by atoms with E-state index in [9.17, 15) is 22.4 Å². The van der Waals surface area contributed by atoms with Gasteiger partial charge >= 0.3 is 6.03 Å². The fourth-order valence-electron chi connectivity index (χ4n) is 3.79. The summed E-state index contributed by atoms with van der Waals surface area (Å²) in [6.45, 7) is 5.03. The van der Waals surface area contributed by atoms with E-state index in [0.717, 1.165) is 18.6 Å². The first kappa shape index (κ1) is 25.1. The Morgan fingerprint density at radius 1 is 1.12 bits per heavy atom. The molecule has 3 rings (SSSR count). The highest BCUT2D eigenvalue weighted by Crippen LogP contribution is 2.39. The van der Waals surface area contributed by atoms with E-state index in [-0.39, 0.29) is 16.8 Å². The fraction of sp³-hybridized carbons (Fsp3) is 0.292. The van der Waals surface area contributed by atoms with Crippen molar-refractivity contribution < 1.29 is 22.4 Å². The molecule has 10 heteroatoms. The van der Waals surface area contributed by atoms with Crippen molar-refractivity contribution in [3.63, 3.8) is 0 Å². The van der Waals surface area contributed by atoms with Crippen LogP contribution in [0, 0.1) is 5.82 Å². The Kier molecular flexibility index (Phi) is 7.83. The summed E-state index contributed by atoms with van der Waals surface area (Å²) < 4.78 is 42.2. The molecule has 8 nitrogen and oxygen atoms in total. The molecule has 1 aliphatic rings. The Bertz CT molecular complexity index is 1260. The average molecular weight is 487 g/mol. The first-order valence-corrected chi connectivity index (χ1v) is 12.3. The lowest BCUT2D eigenvalue weighted by atomic mass is 9.97. The number of fused-ring (bicyclic) bond motifs is 1. The Balaban J connectivity index is 1.86. The van der Waals surface area contributed by atoms with Gasteiger partial charge in [0.2, 0.25) is 5.91 Å². The zero-order valence-corrected chi connectivity index (χ0v) is 20.0. The average Bonchev–Trinajstić information content (AvgIpc) is 3.26. The zero-order chi connectivity index (χ0) is 24.9. The molecule has 0 spiro atoms. The second-order valence-electron chi connectivity index (χ2n) is 8.07. The van der Waals surface area contributed by atoms with Gasteiger partial charge in [0.25, 0.3) is 10.0 Å². The molecule has 1 heterocycles. The van der Waals surface area contributed by atoms with Crippen LogP contribution in [0.25, 0.3) is 11.1 Å². The number of halogens is 1. The molecule has 0 saturated carbocycles. The van der Waals surface area contributed by atoms with E-state index in [4.69, 9.17) is 0 Å². The predicted molar refractivity (Wildman–Crippen MR) is 129 cm³/mol. The van der Waals surface area contributed by atoms with E-state index in [1.54, 1.807) is 38.4 Å². The molecule has 0 saturated heterocycles. The van der Waals surface area contributed by atoms with Gasteiger partial charge in [0.15, 0.2) is 0 Å². The van der Waals surface area contributed by atoms with E-state index in [1.165, 1.54) is 19.1 Å². The molecule has 1 aromatic carbocycles. The van der Waals surface area contributed by atoms with Crippen LogP contribution in [-0.4, -0.2) is 31.4 Å². The van der Waals surface area contributed by atoms with Gasteiger partial charge in [-0.1, -0.05) is 6.08 Å². The van der Waals surface area contributed by atoms with Crippen LogP contribution >= 0.6 is 0 Å². The van der Waals surface area contributed by atoms with Crippen molar-refractivity contribution in [2.24, 2.45) is 0 Å². The quantitative estimate of drug-likeness (QED) is 0.406. The monoisotopic (exact) mass is 486 g/mol. The standard InChI is InChI=1S/C24H27FN4O4S/c1-4-17(8-9-22(30)27-15(2)3)34(32,33)29-24(31)28-23-19-7-5-6-18(19)21(25)14-20(23)16-10-12-26-13-11-16/h4,8-15H,5-7H2,1-3H3,(H,27,30)(H2,28,29,31)/b9-8-,17-4+. The third-order valence-electron chi connectivity index (χ3n) is 5.23. The number of sulfonamides is 1. The molecule has 2 aromatic rings. The van der Waals surface area contributed by atoms with Crippen molar-refractivity contribution in [2.45, 2.75) is 46.1 Å². The molecular formula is C24H27FN4O4S. The minimum Gasteiger partial charge on any atom is -0.350 e. The molecule has 0 aliphatic heterocycles. The lowest BCUT2D eigenvalue weighted by molar-refractivity contribution is -0.116. The number of benzene rings is 1. The number of pyridine rings is 1. The first-order valence-electron chi connectivity index (χ1n) is 10.9. The third kappa shape index (κ3) is 5.88. The number of allylic oxidation sites excluding steroid dienone is 2.